The zero-order valence-corrected chi connectivity index (χ0v) is 20.2. The lowest BCUT2D eigenvalue weighted by Gasteiger charge is -2.08. The van der Waals surface area contributed by atoms with Crippen LogP contribution in [0, 0.1) is 11.8 Å². The van der Waals surface area contributed by atoms with Gasteiger partial charge in [0.1, 0.15) is 0 Å². The number of hydrogen-bond acceptors (Lipinski definition) is 4. The van der Waals surface area contributed by atoms with Crippen molar-refractivity contribution < 1.29 is 27.9 Å². The van der Waals surface area contributed by atoms with Gasteiger partial charge in [-0.15, -0.1) is 0 Å². The average molecular weight is 500 g/mol. The van der Waals surface area contributed by atoms with Gasteiger partial charge >= 0.3 is 6.18 Å². The molecule has 0 fully saturated rings. The molecule has 1 amide bonds. The average Bonchev–Trinajstić information content (AvgIpc) is 3.39. The normalized spacial score (nSPS) is 15.6. The number of hydrogen-bond donors (Lipinski definition) is 3. The first-order chi connectivity index (χ1) is 17.1. The third-order valence-electron chi connectivity index (χ3n) is 6.17. The van der Waals surface area contributed by atoms with Crippen molar-refractivity contribution in [2.75, 3.05) is 6.61 Å². The molecule has 2 aromatic carbocycles. The van der Waals surface area contributed by atoms with E-state index in [0.717, 1.165) is 10.9 Å². The van der Waals surface area contributed by atoms with Crippen LogP contribution < -0.4 is 15.9 Å². The first kappa shape index (κ1) is 25.5. The van der Waals surface area contributed by atoms with Crippen LogP contribution in [0.1, 0.15) is 49.5 Å². The number of carbonyl (C=O) groups is 1. The van der Waals surface area contributed by atoms with Crippen molar-refractivity contribution in [3.63, 3.8) is 0 Å². The Bertz CT molecular complexity index is 1440. The predicted molar refractivity (Wildman–Crippen MR) is 133 cm³/mol. The second-order valence-electron chi connectivity index (χ2n) is 9.13. The maximum absolute atomic E-state index is 12.4. The number of benzene rings is 2. The number of H-pyrrole nitrogens is 1. The van der Waals surface area contributed by atoms with E-state index in [0.29, 0.717) is 40.4 Å². The smallest absolute Gasteiger partial charge is 0.391 e. The zero-order chi connectivity index (χ0) is 26.0. The Morgan fingerprint density at radius 1 is 1.17 bits per heavy atom. The third-order valence-corrected chi connectivity index (χ3v) is 6.17. The van der Waals surface area contributed by atoms with E-state index in [1.807, 2.05) is 30.6 Å². The number of nitrogens with one attached hydrogen (secondary N) is 2. The number of fused-ring (bicyclic) bond motifs is 2. The van der Waals surface area contributed by atoms with E-state index in [1.165, 1.54) is 11.3 Å². The van der Waals surface area contributed by atoms with Gasteiger partial charge in [0.2, 0.25) is 0 Å². The molecule has 36 heavy (non-hydrogen) atoms. The summed E-state index contributed by atoms with van der Waals surface area (Å²) in [6, 6.07) is 10.6. The predicted octanol–water partition coefficient (Wildman–Crippen LogP) is 4.86. The first-order valence-electron chi connectivity index (χ1n) is 11.8. The first-order valence-corrected chi connectivity index (χ1v) is 11.8. The van der Waals surface area contributed by atoms with E-state index >= 15 is 0 Å². The SMILES string of the molecule is CCC(=Nc1ccc2c(c1)=CC(C(C)C)C=2)c1c(O)[nH]c2ccc(C(=O)NOCCC(F)(F)F)cc12. The molecule has 0 spiro atoms. The second kappa shape index (κ2) is 10.2. The van der Waals surface area contributed by atoms with Gasteiger partial charge in [0.15, 0.2) is 5.88 Å². The highest BCUT2D eigenvalue weighted by Crippen LogP contribution is 2.31. The van der Waals surface area contributed by atoms with Crippen LogP contribution in [0.25, 0.3) is 23.1 Å². The van der Waals surface area contributed by atoms with Crippen LogP contribution in [0.4, 0.5) is 18.9 Å². The molecule has 1 unspecified atom stereocenters. The summed E-state index contributed by atoms with van der Waals surface area (Å²) >= 11 is 0. The Morgan fingerprint density at radius 3 is 2.61 bits per heavy atom. The molecule has 0 radical (unpaired) electrons. The number of carbonyl (C=O) groups excluding carboxylic acids is 1. The summed E-state index contributed by atoms with van der Waals surface area (Å²) in [4.78, 5) is 24.8. The van der Waals surface area contributed by atoms with Crippen molar-refractivity contribution in [3.05, 3.63) is 58.0 Å². The summed E-state index contributed by atoms with van der Waals surface area (Å²) in [5, 5.41) is 13.5. The molecular weight excluding hydrogens is 471 g/mol. The molecule has 3 N–H and O–H groups in total. The Balaban J connectivity index is 1.63. The van der Waals surface area contributed by atoms with Crippen molar-refractivity contribution in [2.24, 2.45) is 16.8 Å². The van der Waals surface area contributed by atoms with Crippen LogP contribution in [-0.4, -0.2) is 34.5 Å². The molecule has 0 saturated heterocycles. The maximum atomic E-state index is 12.4. The lowest BCUT2D eigenvalue weighted by Crippen LogP contribution is -2.26. The van der Waals surface area contributed by atoms with Gasteiger partial charge in [-0.05, 0) is 59.0 Å². The highest BCUT2D eigenvalue weighted by molar-refractivity contribution is 6.14. The van der Waals surface area contributed by atoms with Crippen molar-refractivity contribution in [1.29, 1.82) is 0 Å². The fraction of sp³-hybridized carbons (Fsp3) is 0.333. The largest absolute Gasteiger partial charge is 0.494 e. The van der Waals surface area contributed by atoms with Gasteiger partial charge < -0.3 is 10.1 Å². The highest BCUT2D eigenvalue weighted by atomic mass is 19.4. The zero-order valence-electron chi connectivity index (χ0n) is 20.2. The van der Waals surface area contributed by atoms with Gasteiger partial charge in [-0.3, -0.25) is 14.6 Å². The lowest BCUT2D eigenvalue weighted by molar-refractivity contribution is -0.149. The van der Waals surface area contributed by atoms with Crippen molar-refractivity contribution >= 4 is 40.4 Å². The molecule has 0 bridgehead atoms. The standard InChI is InChI=1S/C27H28F3N3O3/c1-4-22(31-20-7-5-16-11-18(15(2)3)12-19(16)13-20)24-21-14-17(6-8-23(21)32-26(24)35)25(34)33-36-10-9-27(28,29)30/h5-8,11-15,18,32,35H,4,9-10H2,1-3H3,(H,33,34). The number of rotatable bonds is 8. The molecule has 190 valence electrons. The van der Waals surface area contributed by atoms with Crippen LogP contribution >= 0.6 is 0 Å². The minimum absolute atomic E-state index is 0.0782. The number of aromatic hydroxyl groups is 1. The number of alkyl halides is 3. The van der Waals surface area contributed by atoms with E-state index in [4.69, 9.17) is 4.99 Å². The van der Waals surface area contributed by atoms with E-state index in [1.54, 1.807) is 12.1 Å². The number of halogens is 3. The van der Waals surface area contributed by atoms with E-state index in [-0.39, 0.29) is 11.4 Å². The van der Waals surface area contributed by atoms with Crippen LogP contribution in [0.15, 0.2) is 41.4 Å². The summed E-state index contributed by atoms with van der Waals surface area (Å²) in [6.45, 7) is 5.60. The molecule has 0 aliphatic heterocycles. The Morgan fingerprint density at radius 2 is 1.92 bits per heavy atom. The van der Waals surface area contributed by atoms with Crippen molar-refractivity contribution in [2.45, 2.75) is 39.8 Å². The van der Waals surface area contributed by atoms with Gasteiger partial charge in [-0.2, -0.15) is 13.2 Å². The fourth-order valence-corrected chi connectivity index (χ4v) is 4.20. The summed E-state index contributed by atoms with van der Waals surface area (Å²) in [5.74, 6) is 0.112. The van der Waals surface area contributed by atoms with Gasteiger partial charge in [-0.1, -0.05) is 39.0 Å². The topological polar surface area (TPSA) is 86.7 Å². The van der Waals surface area contributed by atoms with Gasteiger partial charge in [0.25, 0.3) is 5.91 Å². The van der Waals surface area contributed by atoms with Crippen LogP contribution in [0.2, 0.25) is 0 Å². The van der Waals surface area contributed by atoms with Crippen molar-refractivity contribution in [1.82, 2.24) is 10.5 Å². The minimum Gasteiger partial charge on any atom is -0.494 e. The Hall–Kier alpha value is -3.59. The number of aliphatic imine (C=N–C) groups is 1. The summed E-state index contributed by atoms with van der Waals surface area (Å²) in [5.41, 5.74) is 4.64. The van der Waals surface area contributed by atoms with Crippen molar-refractivity contribution in [3.8, 4) is 5.88 Å². The number of hydroxylamine groups is 1. The minimum atomic E-state index is -4.37. The lowest BCUT2D eigenvalue weighted by atomic mass is 9.97. The summed E-state index contributed by atoms with van der Waals surface area (Å²) < 4.78 is 36.8. The molecule has 1 aliphatic rings. The maximum Gasteiger partial charge on any atom is 0.391 e. The molecule has 0 saturated carbocycles. The summed E-state index contributed by atoms with van der Waals surface area (Å²) in [6.07, 6.45) is -0.551. The quantitative estimate of drug-likeness (QED) is 0.235. The van der Waals surface area contributed by atoms with Gasteiger partial charge in [0, 0.05) is 16.5 Å². The second-order valence-corrected chi connectivity index (χ2v) is 9.13. The van der Waals surface area contributed by atoms with E-state index in [9.17, 15) is 23.1 Å². The van der Waals surface area contributed by atoms with Crippen LogP contribution in [0.5, 0.6) is 5.88 Å². The molecule has 1 heterocycles. The monoisotopic (exact) mass is 499 g/mol. The molecule has 1 aromatic heterocycles. The van der Waals surface area contributed by atoms with Gasteiger partial charge in [0.05, 0.1) is 30.0 Å². The highest BCUT2D eigenvalue weighted by Gasteiger charge is 2.27. The number of nitrogens with zero attached hydrogens (tertiary/aromatic N) is 1. The number of amides is 1. The fourth-order valence-electron chi connectivity index (χ4n) is 4.20. The third kappa shape index (κ3) is 5.62. The summed E-state index contributed by atoms with van der Waals surface area (Å²) in [7, 11) is 0. The molecule has 3 aromatic rings. The number of aromatic amines is 1. The molecule has 4 rings (SSSR count). The van der Waals surface area contributed by atoms with E-state index < -0.39 is 25.1 Å². The Kier molecular flexibility index (Phi) is 7.21. The van der Waals surface area contributed by atoms with E-state index in [2.05, 4.69) is 35.8 Å². The van der Waals surface area contributed by atoms with Crippen LogP contribution in [0.3, 0.4) is 0 Å². The molecule has 9 heteroatoms. The number of aromatic nitrogens is 1. The van der Waals surface area contributed by atoms with Crippen LogP contribution in [-0.2, 0) is 4.84 Å². The Labute approximate surface area is 206 Å². The molecular formula is C27H28F3N3O3. The molecule has 1 atom stereocenters. The molecule has 1 aliphatic carbocycles. The van der Waals surface area contributed by atoms with Gasteiger partial charge in [-0.25, -0.2) is 5.48 Å². The molecule has 6 nitrogen and oxygen atoms in total.